The van der Waals surface area contributed by atoms with Crippen molar-refractivity contribution in [3.05, 3.63) is 28.2 Å². The molecule has 3 aliphatic carbocycles. The minimum absolute atomic E-state index is 0.307. The Balaban J connectivity index is 1.57. The standard InChI is InChI=1S/C16H19BrO2/c1-19-10-4-5-11(12(17)7-10)16(18)15-13-8-2-3-9(6-8)14(13)15/h4-5,7-9,13-16,18H,2-3,6H2,1H3. The minimum atomic E-state index is -0.307. The molecule has 5 atom stereocenters. The zero-order valence-electron chi connectivity index (χ0n) is 11.1. The highest BCUT2D eigenvalue weighted by atomic mass is 79.9. The highest BCUT2D eigenvalue weighted by Gasteiger charge is 2.66. The second kappa shape index (κ2) is 4.23. The van der Waals surface area contributed by atoms with Gasteiger partial charge >= 0.3 is 0 Å². The number of benzene rings is 1. The highest BCUT2D eigenvalue weighted by molar-refractivity contribution is 9.10. The largest absolute Gasteiger partial charge is 0.497 e. The fourth-order valence-corrected chi connectivity index (χ4v) is 5.49. The summed E-state index contributed by atoms with van der Waals surface area (Å²) in [5.41, 5.74) is 1.03. The van der Waals surface area contributed by atoms with Gasteiger partial charge in [0.25, 0.3) is 0 Å². The van der Waals surface area contributed by atoms with Gasteiger partial charge in [-0.15, -0.1) is 0 Å². The Labute approximate surface area is 122 Å². The Bertz CT molecular complexity index is 499. The van der Waals surface area contributed by atoms with Gasteiger partial charge in [-0.05, 0) is 66.5 Å². The zero-order valence-corrected chi connectivity index (χ0v) is 12.6. The first kappa shape index (κ1) is 12.2. The van der Waals surface area contributed by atoms with Crippen molar-refractivity contribution in [1.29, 1.82) is 0 Å². The van der Waals surface area contributed by atoms with E-state index in [-0.39, 0.29) is 6.10 Å². The third-order valence-electron chi connectivity index (χ3n) is 5.69. The average molecular weight is 323 g/mol. The maximum Gasteiger partial charge on any atom is 0.120 e. The molecule has 0 saturated heterocycles. The minimum Gasteiger partial charge on any atom is -0.497 e. The predicted octanol–water partition coefficient (Wildman–Crippen LogP) is 3.78. The van der Waals surface area contributed by atoms with E-state index in [0.717, 1.165) is 39.5 Å². The summed E-state index contributed by atoms with van der Waals surface area (Å²) in [4.78, 5) is 0. The quantitative estimate of drug-likeness (QED) is 0.917. The molecule has 4 rings (SSSR count). The van der Waals surface area contributed by atoms with E-state index < -0.39 is 0 Å². The number of hydrogen-bond acceptors (Lipinski definition) is 2. The summed E-state index contributed by atoms with van der Waals surface area (Å²) < 4.78 is 6.18. The first-order valence-electron chi connectivity index (χ1n) is 7.22. The van der Waals surface area contributed by atoms with Crippen LogP contribution in [0.1, 0.15) is 30.9 Å². The fraction of sp³-hybridized carbons (Fsp3) is 0.625. The van der Waals surface area contributed by atoms with E-state index in [1.807, 2.05) is 18.2 Å². The molecule has 2 bridgehead atoms. The van der Waals surface area contributed by atoms with E-state index in [1.54, 1.807) is 7.11 Å². The Morgan fingerprint density at radius 3 is 2.53 bits per heavy atom. The van der Waals surface area contributed by atoms with Crippen molar-refractivity contribution in [2.24, 2.45) is 29.6 Å². The van der Waals surface area contributed by atoms with E-state index >= 15 is 0 Å². The number of ether oxygens (including phenoxy) is 1. The van der Waals surface area contributed by atoms with Crippen molar-refractivity contribution in [3.63, 3.8) is 0 Å². The van der Waals surface area contributed by atoms with Crippen LogP contribution in [0.2, 0.25) is 0 Å². The number of rotatable bonds is 3. The molecule has 3 heteroatoms. The van der Waals surface area contributed by atoms with Crippen LogP contribution < -0.4 is 4.74 Å². The second-order valence-corrected chi connectivity index (χ2v) is 7.25. The topological polar surface area (TPSA) is 29.5 Å². The van der Waals surface area contributed by atoms with Crippen LogP contribution in [0.4, 0.5) is 0 Å². The molecule has 0 aliphatic heterocycles. The first-order valence-corrected chi connectivity index (χ1v) is 8.01. The van der Waals surface area contributed by atoms with Crippen molar-refractivity contribution in [1.82, 2.24) is 0 Å². The number of halogens is 1. The Kier molecular flexibility index (Phi) is 2.72. The number of hydrogen-bond donors (Lipinski definition) is 1. The zero-order chi connectivity index (χ0) is 13.1. The molecule has 0 amide bonds. The van der Waals surface area contributed by atoms with Gasteiger partial charge in [0.1, 0.15) is 5.75 Å². The molecule has 19 heavy (non-hydrogen) atoms. The van der Waals surface area contributed by atoms with Gasteiger partial charge in [0.2, 0.25) is 0 Å². The molecule has 1 N–H and O–H groups in total. The van der Waals surface area contributed by atoms with Crippen molar-refractivity contribution in [2.45, 2.75) is 25.4 Å². The lowest BCUT2D eigenvalue weighted by atomic mass is 9.95. The molecular weight excluding hydrogens is 304 g/mol. The molecule has 0 spiro atoms. The SMILES string of the molecule is COc1ccc(C(O)C2C3C4CCC(C4)C32)c(Br)c1. The van der Waals surface area contributed by atoms with Gasteiger partial charge in [0.05, 0.1) is 13.2 Å². The number of methoxy groups -OCH3 is 1. The summed E-state index contributed by atoms with van der Waals surface area (Å²) in [6.45, 7) is 0. The normalized spacial score (nSPS) is 40.1. The van der Waals surface area contributed by atoms with Crippen LogP contribution in [0.3, 0.4) is 0 Å². The lowest BCUT2D eigenvalue weighted by Gasteiger charge is -2.17. The molecule has 1 aromatic rings. The molecule has 3 fully saturated rings. The van der Waals surface area contributed by atoms with E-state index in [1.165, 1.54) is 19.3 Å². The van der Waals surface area contributed by atoms with E-state index in [9.17, 15) is 5.11 Å². The molecule has 102 valence electrons. The Morgan fingerprint density at radius 2 is 1.95 bits per heavy atom. The van der Waals surface area contributed by atoms with Gasteiger partial charge in [-0.1, -0.05) is 22.0 Å². The second-order valence-electron chi connectivity index (χ2n) is 6.40. The van der Waals surface area contributed by atoms with Crippen LogP contribution in [0, 0.1) is 29.6 Å². The summed E-state index contributed by atoms with van der Waals surface area (Å²) in [6.07, 6.45) is 3.93. The van der Waals surface area contributed by atoms with Crippen LogP contribution in [0.25, 0.3) is 0 Å². The Morgan fingerprint density at radius 1 is 1.26 bits per heavy atom. The smallest absolute Gasteiger partial charge is 0.120 e. The molecule has 3 saturated carbocycles. The van der Waals surface area contributed by atoms with Gasteiger partial charge in [0.15, 0.2) is 0 Å². The van der Waals surface area contributed by atoms with E-state index in [0.29, 0.717) is 5.92 Å². The number of aliphatic hydroxyl groups is 1. The van der Waals surface area contributed by atoms with Crippen LogP contribution in [-0.2, 0) is 0 Å². The molecule has 5 unspecified atom stereocenters. The Hall–Kier alpha value is -0.540. The lowest BCUT2D eigenvalue weighted by molar-refractivity contribution is 0.129. The summed E-state index contributed by atoms with van der Waals surface area (Å²) in [5, 5.41) is 10.7. The lowest BCUT2D eigenvalue weighted by Crippen LogP contribution is -2.09. The third kappa shape index (κ3) is 1.71. The first-order chi connectivity index (χ1) is 9.20. The van der Waals surface area contributed by atoms with Gasteiger partial charge in [0, 0.05) is 4.47 Å². The molecule has 0 radical (unpaired) electrons. The molecule has 0 heterocycles. The molecule has 3 aliphatic rings. The van der Waals surface area contributed by atoms with Crippen LogP contribution in [0.15, 0.2) is 22.7 Å². The van der Waals surface area contributed by atoms with Crippen LogP contribution >= 0.6 is 15.9 Å². The third-order valence-corrected chi connectivity index (χ3v) is 6.37. The molecule has 0 aromatic heterocycles. The molecule has 2 nitrogen and oxygen atoms in total. The maximum absolute atomic E-state index is 10.7. The summed E-state index contributed by atoms with van der Waals surface area (Å²) in [6, 6.07) is 5.89. The van der Waals surface area contributed by atoms with Gasteiger partial charge in [-0.2, -0.15) is 0 Å². The predicted molar refractivity (Wildman–Crippen MR) is 77.0 cm³/mol. The fourth-order valence-electron chi connectivity index (χ4n) is 4.90. The number of aliphatic hydroxyl groups excluding tert-OH is 1. The monoisotopic (exact) mass is 322 g/mol. The average Bonchev–Trinajstić information content (AvgIpc) is 2.86. The van der Waals surface area contributed by atoms with E-state index in [4.69, 9.17) is 4.74 Å². The van der Waals surface area contributed by atoms with Gasteiger partial charge in [-0.25, -0.2) is 0 Å². The van der Waals surface area contributed by atoms with Crippen LogP contribution in [0.5, 0.6) is 5.75 Å². The van der Waals surface area contributed by atoms with E-state index in [2.05, 4.69) is 15.9 Å². The van der Waals surface area contributed by atoms with Gasteiger partial charge < -0.3 is 9.84 Å². The summed E-state index contributed by atoms with van der Waals surface area (Å²) >= 11 is 3.57. The van der Waals surface area contributed by atoms with Gasteiger partial charge in [-0.3, -0.25) is 0 Å². The van der Waals surface area contributed by atoms with Crippen molar-refractivity contribution < 1.29 is 9.84 Å². The number of fused-ring (bicyclic) bond motifs is 5. The molecular formula is C16H19BrO2. The van der Waals surface area contributed by atoms with Crippen molar-refractivity contribution >= 4 is 15.9 Å². The van der Waals surface area contributed by atoms with Crippen LogP contribution in [-0.4, -0.2) is 12.2 Å². The molecule has 1 aromatic carbocycles. The summed E-state index contributed by atoms with van der Waals surface area (Å²) in [7, 11) is 1.67. The van der Waals surface area contributed by atoms with Crippen molar-refractivity contribution in [2.75, 3.05) is 7.11 Å². The summed E-state index contributed by atoms with van der Waals surface area (Å²) in [5.74, 6) is 4.78. The maximum atomic E-state index is 10.7. The van der Waals surface area contributed by atoms with Crippen molar-refractivity contribution in [3.8, 4) is 5.75 Å². The highest BCUT2D eigenvalue weighted by Crippen LogP contribution is 2.72.